The predicted molar refractivity (Wildman–Crippen MR) is 93.1 cm³/mol. The third-order valence-corrected chi connectivity index (χ3v) is 5.03. The van der Waals surface area contributed by atoms with Crippen LogP contribution in [-0.4, -0.2) is 21.3 Å². The third kappa shape index (κ3) is 7.38. The summed E-state index contributed by atoms with van der Waals surface area (Å²) in [5, 5.41) is 16.0. The van der Waals surface area contributed by atoms with Gasteiger partial charge in [-0.05, 0) is 12.0 Å². The van der Waals surface area contributed by atoms with Gasteiger partial charge in [-0.25, -0.2) is 0 Å². The van der Waals surface area contributed by atoms with E-state index in [0.29, 0.717) is 10.3 Å². The van der Waals surface area contributed by atoms with Crippen molar-refractivity contribution in [2.45, 2.75) is 42.9 Å². The van der Waals surface area contributed by atoms with E-state index in [0.717, 1.165) is 6.42 Å². The maximum Gasteiger partial charge on any atom is 0.322 e. The molecule has 2 unspecified atom stereocenters. The van der Waals surface area contributed by atoms with E-state index in [-0.39, 0.29) is 6.61 Å². The van der Waals surface area contributed by atoms with Crippen LogP contribution in [0.4, 0.5) is 0 Å². The van der Waals surface area contributed by atoms with Crippen molar-refractivity contribution < 1.29 is 9.66 Å². The predicted octanol–water partition coefficient (Wildman–Crippen LogP) is 3.47. The van der Waals surface area contributed by atoms with Crippen molar-refractivity contribution >= 4 is 22.7 Å². The molecule has 0 saturated heterocycles. The zero-order chi connectivity index (χ0) is 16.2. The van der Waals surface area contributed by atoms with E-state index in [4.69, 9.17) is 5.14 Å². The molecule has 6 heteroatoms. The first kappa shape index (κ1) is 19.1. The Morgan fingerprint density at radius 2 is 2.05 bits per heavy atom. The van der Waals surface area contributed by atoms with Gasteiger partial charge in [0.05, 0.1) is 0 Å². The molecule has 2 atom stereocenters. The number of aromatic nitrogens is 1. The van der Waals surface area contributed by atoms with Crippen LogP contribution in [-0.2, 0) is 11.4 Å². The summed E-state index contributed by atoms with van der Waals surface area (Å²) < 4.78 is 10.8. The Balaban J connectivity index is 0.000000255. The van der Waals surface area contributed by atoms with E-state index in [1.54, 1.807) is 11.6 Å². The molecule has 22 heavy (non-hydrogen) atoms. The summed E-state index contributed by atoms with van der Waals surface area (Å²) in [5.41, 5.74) is 1.27. The van der Waals surface area contributed by atoms with Gasteiger partial charge in [-0.15, -0.1) is 5.14 Å². The average molecular weight is 341 g/mol. The van der Waals surface area contributed by atoms with Gasteiger partial charge in [0.15, 0.2) is 0 Å². The van der Waals surface area contributed by atoms with Crippen LogP contribution in [0.1, 0.15) is 44.1 Å². The van der Waals surface area contributed by atoms with Crippen molar-refractivity contribution in [3.05, 3.63) is 47.5 Å². The van der Waals surface area contributed by atoms with Crippen LogP contribution in [0.2, 0.25) is 0 Å². The number of unbranched alkanes of at least 4 members (excludes halogenated alkanes) is 2. The molecule has 0 spiro atoms. The lowest BCUT2D eigenvalue weighted by atomic mass is 9.94. The minimum absolute atomic E-state index is 0.272. The van der Waals surface area contributed by atoms with Crippen LogP contribution < -0.4 is 5.14 Å². The maximum atomic E-state index is 10.3. The zero-order valence-electron chi connectivity index (χ0n) is 12.9. The van der Waals surface area contributed by atoms with E-state index < -0.39 is 11.4 Å². The second-order valence-corrected chi connectivity index (χ2v) is 7.02. The van der Waals surface area contributed by atoms with Crippen LogP contribution in [0.15, 0.2) is 46.2 Å². The molecule has 4 nitrogen and oxygen atoms in total. The number of aliphatic hydroxyl groups is 1. The lowest BCUT2D eigenvalue weighted by Crippen LogP contribution is -2.11. The second-order valence-electron chi connectivity index (χ2n) is 4.88. The molecule has 0 radical (unpaired) electrons. The van der Waals surface area contributed by atoms with Crippen molar-refractivity contribution in [1.29, 1.82) is 0 Å². The van der Waals surface area contributed by atoms with E-state index in [1.165, 1.54) is 36.2 Å². The smallest absolute Gasteiger partial charge is 0.322 e. The van der Waals surface area contributed by atoms with Crippen LogP contribution in [0.5, 0.6) is 0 Å². The number of hydrogen-bond donors (Lipinski definition) is 2. The number of nitrogens with two attached hydrogens (primary N) is 1. The van der Waals surface area contributed by atoms with E-state index >= 15 is 0 Å². The molecule has 2 rings (SSSR count). The molecule has 1 heterocycles. The summed E-state index contributed by atoms with van der Waals surface area (Å²) in [6.45, 7) is 2.48. The Hall–Kier alpha value is -0.920. The normalized spacial score (nSPS) is 13.1. The fraction of sp³-hybridized carbons (Fsp3) is 0.438. The number of benzene rings is 1. The van der Waals surface area contributed by atoms with Gasteiger partial charge in [0.1, 0.15) is 11.4 Å². The Morgan fingerprint density at radius 3 is 2.50 bits per heavy atom. The van der Waals surface area contributed by atoms with Gasteiger partial charge in [-0.2, -0.15) is 4.98 Å². The van der Waals surface area contributed by atoms with E-state index in [2.05, 4.69) is 24.0 Å². The summed E-state index contributed by atoms with van der Waals surface area (Å²) in [7, 11) is 0. The molecule has 0 aliphatic carbocycles. The second kappa shape index (κ2) is 11.6. The number of rotatable bonds is 7. The fourth-order valence-corrected chi connectivity index (χ4v) is 3.11. The average Bonchev–Trinajstić information content (AvgIpc) is 3.08. The molecule has 0 saturated carbocycles. The molecule has 0 bridgehead atoms. The molecule has 0 aliphatic heterocycles. The van der Waals surface area contributed by atoms with Gasteiger partial charge in [-0.1, -0.05) is 67.9 Å². The van der Waals surface area contributed by atoms with E-state index in [1.807, 2.05) is 18.2 Å². The highest BCUT2D eigenvalue weighted by molar-refractivity contribution is 7.91. The monoisotopic (exact) mass is 340 g/mol. The van der Waals surface area contributed by atoms with Gasteiger partial charge >= 0.3 is 4.34 Å². The van der Waals surface area contributed by atoms with Gasteiger partial charge in [0.25, 0.3) is 0 Å². The molecule has 2 aromatic rings. The first-order valence-corrected chi connectivity index (χ1v) is 9.49. The lowest BCUT2D eigenvalue weighted by molar-refractivity contribution is 0.256. The summed E-state index contributed by atoms with van der Waals surface area (Å²) in [6.07, 6.45) is 6.41. The molecular weight excluding hydrogens is 316 g/mol. The van der Waals surface area contributed by atoms with Crippen LogP contribution in [0.3, 0.4) is 0 Å². The molecule has 0 amide bonds. The van der Waals surface area contributed by atoms with Crippen molar-refractivity contribution in [1.82, 2.24) is 4.98 Å². The summed E-state index contributed by atoms with van der Waals surface area (Å²) in [6, 6.07) is 10.3. The summed E-state index contributed by atoms with van der Waals surface area (Å²) in [4.78, 5) is 3.71. The topological polar surface area (TPSA) is 82.2 Å². The largest absolute Gasteiger partial charge is 0.591 e. The minimum Gasteiger partial charge on any atom is -0.591 e. The van der Waals surface area contributed by atoms with Crippen LogP contribution in [0, 0.1) is 0 Å². The Bertz CT molecular complexity index is 478. The highest BCUT2D eigenvalue weighted by Crippen LogP contribution is 2.21. The van der Waals surface area contributed by atoms with Gasteiger partial charge in [0.2, 0.25) is 0 Å². The Kier molecular flexibility index (Phi) is 10.1. The highest BCUT2D eigenvalue weighted by Gasteiger charge is 2.08. The molecular formula is C16H24N2O2S2. The van der Waals surface area contributed by atoms with Crippen LogP contribution in [0.25, 0.3) is 0 Å². The Labute approximate surface area is 139 Å². The fourth-order valence-electron chi connectivity index (χ4n) is 2.04. The van der Waals surface area contributed by atoms with Crippen molar-refractivity contribution in [3.8, 4) is 0 Å². The van der Waals surface area contributed by atoms with Gasteiger partial charge < -0.3 is 9.66 Å². The molecule has 0 aliphatic rings. The summed E-state index contributed by atoms with van der Waals surface area (Å²) in [5.74, 6) is 0.336. The highest BCUT2D eigenvalue weighted by atomic mass is 32.2. The molecule has 0 fully saturated rings. The van der Waals surface area contributed by atoms with Gasteiger partial charge in [-0.3, -0.25) is 0 Å². The quantitative estimate of drug-likeness (QED) is 0.597. The first-order valence-electron chi connectivity index (χ1n) is 7.40. The standard InChI is InChI=1S/C13H20O.C3H4N2OS2/c1-2-3-5-10-13(11-14)12-8-6-4-7-9-12;4-8(6)3-5-1-2-7-3/h4,6-9,13-14H,2-3,5,10-11H2,1H3;1-2H,4H2. The number of aliphatic hydroxyl groups excluding tert-OH is 1. The third-order valence-electron chi connectivity index (χ3n) is 3.23. The SMILES string of the molecule is CCCCCC(CO)c1ccccc1.N[S+]([O-])c1nccs1. The van der Waals surface area contributed by atoms with Crippen molar-refractivity contribution in [3.63, 3.8) is 0 Å². The molecule has 1 aromatic carbocycles. The Morgan fingerprint density at radius 1 is 1.32 bits per heavy atom. The number of nitrogens with zero attached hydrogens (tertiary/aromatic N) is 1. The van der Waals surface area contributed by atoms with Crippen molar-refractivity contribution in [2.24, 2.45) is 5.14 Å². The molecule has 122 valence electrons. The molecule has 1 aromatic heterocycles. The first-order chi connectivity index (χ1) is 10.7. The van der Waals surface area contributed by atoms with Gasteiger partial charge in [0, 0.05) is 24.1 Å². The number of hydrogen-bond acceptors (Lipinski definition) is 5. The zero-order valence-corrected chi connectivity index (χ0v) is 14.5. The number of thiazole rings is 1. The van der Waals surface area contributed by atoms with Crippen LogP contribution >= 0.6 is 11.3 Å². The maximum absolute atomic E-state index is 10.3. The van der Waals surface area contributed by atoms with E-state index in [9.17, 15) is 9.66 Å². The van der Waals surface area contributed by atoms with Crippen molar-refractivity contribution in [2.75, 3.05) is 6.61 Å². The molecule has 3 N–H and O–H groups in total. The summed E-state index contributed by atoms with van der Waals surface area (Å²) >= 11 is -0.0957. The lowest BCUT2D eigenvalue weighted by Gasteiger charge is -2.13. The minimum atomic E-state index is -1.39.